The molecule has 0 saturated carbocycles. The largest absolute Gasteiger partial charge is 0.493 e. The third-order valence-corrected chi connectivity index (χ3v) is 4.64. The summed E-state index contributed by atoms with van der Waals surface area (Å²) in [7, 11) is 2.62. The summed E-state index contributed by atoms with van der Waals surface area (Å²) in [6.45, 7) is 1.77. The number of rotatable bonds is 7. The van der Waals surface area contributed by atoms with Crippen LogP contribution in [0.2, 0.25) is 0 Å². The maximum Gasteiger partial charge on any atom is 0.338 e. The van der Waals surface area contributed by atoms with Crippen LogP contribution in [0.3, 0.4) is 0 Å². The first-order valence-electron chi connectivity index (χ1n) is 9.35. The zero-order valence-corrected chi connectivity index (χ0v) is 17.1. The number of esters is 1. The van der Waals surface area contributed by atoms with Gasteiger partial charge in [0.1, 0.15) is 0 Å². The molecule has 0 bridgehead atoms. The van der Waals surface area contributed by atoms with Crippen molar-refractivity contribution in [1.29, 1.82) is 0 Å². The lowest BCUT2D eigenvalue weighted by Gasteiger charge is -2.29. The number of nitrogens with one attached hydrogen (secondary N) is 2. The smallest absolute Gasteiger partial charge is 0.338 e. The average Bonchev–Trinajstić information content (AvgIpc) is 2.78. The van der Waals surface area contributed by atoms with Crippen LogP contribution in [-0.2, 0) is 9.53 Å². The topological polar surface area (TPSA) is 129 Å². The van der Waals surface area contributed by atoms with Crippen molar-refractivity contribution in [1.82, 2.24) is 10.6 Å². The Hall–Kier alpha value is -4.08. The van der Waals surface area contributed by atoms with Gasteiger partial charge in [-0.2, -0.15) is 0 Å². The molecular weight excluding hydrogens is 406 g/mol. The van der Waals surface area contributed by atoms with Crippen LogP contribution >= 0.6 is 0 Å². The van der Waals surface area contributed by atoms with Gasteiger partial charge in [-0.15, -0.1) is 0 Å². The Balaban J connectivity index is 2.27. The van der Waals surface area contributed by atoms with Gasteiger partial charge in [-0.05, 0) is 24.1 Å². The highest BCUT2D eigenvalue weighted by Gasteiger charge is 2.36. The van der Waals surface area contributed by atoms with Gasteiger partial charge in [0.05, 0.1) is 43.1 Å². The molecule has 162 valence electrons. The van der Waals surface area contributed by atoms with Gasteiger partial charge in [0.25, 0.3) is 0 Å². The summed E-state index contributed by atoms with van der Waals surface area (Å²) in [4.78, 5) is 36.4. The fourth-order valence-electron chi connectivity index (χ4n) is 3.34. The molecule has 3 rings (SSSR count). The molecule has 0 saturated heterocycles. The van der Waals surface area contributed by atoms with E-state index in [1.807, 2.05) is 0 Å². The van der Waals surface area contributed by atoms with Gasteiger partial charge < -0.3 is 24.8 Å². The third-order valence-electron chi connectivity index (χ3n) is 4.64. The lowest BCUT2D eigenvalue weighted by Crippen LogP contribution is -2.45. The lowest BCUT2D eigenvalue weighted by molar-refractivity contribution is -0.385. The Morgan fingerprint density at radius 3 is 2.45 bits per heavy atom. The number of nitro benzene ring substituents is 1. The monoisotopic (exact) mass is 427 g/mol. The minimum atomic E-state index is -1.03. The number of hydrogen-bond donors (Lipinski definition) is 2. The van der Waals surface area contributed by atoms with Gasteiger partial charge in [0.2, 0.25) is 5.75 Å². The summed E-state index contributed by atoms with van der Waals surface area (Å²) in [6, 6.07) is 9.89. The molecule has 0 aliphatic carbocycles. The van der Waals surface area contributed by atoms with Crippen LogP contribution in [0.5, 0.6) is 11.5 Å². The highest BCUT2D eigenvalue weighted by molar-refractivity contribution is 6.04. The van der Waals surface area contributed by atoms with E-state index in [0.717, 1.165) is 0 Å². The summed E-state index contributed by atoms with van der Waals surface area (Å²) >= 11 is 0. The Morgan fingerprint density at radius 2 is 1.87 bits per heavy atom. The van der Waals surface area contributed by atoms with E-state index in [1.54, 1.807) is 37.3 Å². The molecule has 1 atom stereocenters. The summed E-state index contributed by atoms with van der Waals surface area (Å²) in [5.41, 5.74) is 0.838. The number of carbonyl (C=O) groups excluding carboxylic acids is 2. The van der Waals surface area contributed by atoms with E-state index in [1.165, 1.54) is 26.4 Å². The normalized spacial score (nSPS) is 15.6. The molecule has 1 aliphatic heterocycles. The minimum absolute atomic E-state index is 0.0681. The van der Waals surface area contributed by atoms with E-state index < -0.39 is 23.0 Å². The quantitative estimate of drug-likeness (QED) is 0.395. The fraction of sp³-hybridized carbons (Fsp3) is 0.238. The molecular formula is C21H21N3O7. The molecule has 2 aromatic rings. The van der Waals surface area contributed by atoms with Crippen molar-refractivity contribution < 1.29 is 28.7 Å². The van der Waals surface area contributed by atoms with Crippen LogP contribution in [0, 0.1) is 10.1 Å². The van der Waals surface area contributed by atoms with Crippen LogP contribution in [0.1, 0.15) is 24.1 Å². The van der Waals surface area contributed by atoms with Crippen LogP contribution in [0.15, 0.2) is 48.0 Å². The van der Waals surface area contributed by atoms with Gasteiger partial charge in [-0.25, -0.2) is 9.59 Å². The molecule has 1 aliphatic rings. The van der Waals surface area contributed by atoms with Crippen molar-refractivity contribution in [3.8, 4) is 11.5 Å². The first kappa shape index (κ1) is 21.6. The number of methoxy groups -OCH3 is 2. The number of benzene rings is 2. The zero-order valence-electron chi connectivity index (χ0n) is 17.1. The van der Waals surface area contributed by atoms with Gasteiger partial charge in [0.15, 0.2) is 5.75 Å². The molecule has 2 N–H and O–H groups in total. The second-order valence-corrected chi connectivity index (χ2v) is 6.44. The van der Waals surface area contributed by atoms with Crippen LogP contribution in [-0.4, -0.2) is 37.8 Å². The maximum atomic E-state index is 12.9. The summed E-state index contributed by atoms with van der Waals surface area (Å²) < 4.78 is 15.6. The number of amides is 2. The lowest BCUT2D eigenvalue weighted by atomic mass is 9.92. The van der Waals surface area contributed by atoms with Crippen molar-refractivity contribution in [3.63, 3.8) is 0 Å². The highest BCUT2D eigenvalue weighted by Crippen LogP contribution is 2.42. The summed E-state index contributed by atoms with van der Waals surface area (Å²) in [5, 5.41) is 16.9. The van der Waals surface area contributed by atoms with Crippen molar-refractivity contribution in [2.24, 2.45) is 0 Å². The van der Waals surface area contributed by atoms with E-state index in [4.69, 9.17) is 14.2 Å². The average molecular weight is 427 g/mol. The van der Waals surface area contributed by atoms with E-state index in [-0.39, 0.29) is 40.6 Å². The van der Waals surface area contributed by atoms with Crippen LogP contribution < -0.4 is 20.1 Å². The Kier molecular flexibility index (Phi) is 6.39. The van der Waals surface area contributed by atoms with Crippen LogP contribution in [0.25, 0.3) is 5.70 Å². The van der Waals surface area contributed by atoms with Crippen molar-refractivity contribution in [2.45, 2.75) is 13.0 Å². The van der Waals surface area contributed by atoms with E-state index in [0.29, 0.717) is 5.56 Å². The minimum Gasteiger partial charge on any atom is -0.493 e. The Bertz CT molecular complexity index is 1050. The highest BCUT2D eigenvalue weighted by atomic mass is 16.6. The molecule has 0 aromatic heterocycles. The Morgan fingerprint density at radius 1 is 1.16 bits per heavy atom. The predicted molar refractivity (Wildman–Crippen MR) is 111 cm³/mol. The molecule has 10 nitrogen and oxygen atoms in total. The molecule has 10 heteroatoms. The predicted octanol–water partition coefficient (Wildman–Crippen LogP) is 2.94. The molecule has 2 amide bonds. The van der Waals surface area contributed by atoms with Gasteiger partial charge in [0, 0.05) is 6.07 Å². The van der Waals surface area contributed by atoms with Crippen molar-refractivity contribution in [2.75, 3.05) is 20.8 Å². The zero-order chi connectivity index (χ0) is 22.5. The third kappa shape index (κ3) is 4.27. The van der Waals surface area contributed by atoms with Gasteiger partial charge in [-0.3, -0.25) is 10.1 Å². The number of nitrogens with zero attached hydrogens (tertiary/aromatic N) is 1. The summed E-state index contributed by atoms with van der Waals surface area (Å²) in [5.74, 6) is -0.651. The second-order valence-electron chi connectivity index (χ2n) is 6.44. The first-order chi connectivity index (χ1) is 14.9. The molecule has 1 unspecified atom stereocenters. The van der Waals surface area contributed by atoms with E-state index >= 15 is 0 Å². The SMILES string of the molecule is CCOC(=O)C1=C(c2ccccc2)NC(=O)NC1c1cc(OC)c(OC)c([N+](=O)[O-])c1. The van der Waals surface area contributed by atoms with Crippen molar-refractivity contribution >= 4 is 23.4 Å². The first-order valence-corrected chi connectivity index (χ1v) is 9.35. The van der Waals surface area contributed by atoms with Gasteiger partial charge >= 0.3 is 17.7 Å². The fourth-order valence-corrected chi connectivity index (χ4v) is 3.34. The van der Waals surface area contributed by atoms with Gasteiger partial charge in [-0.1, -0.05) is 30.3 Å². The second kappa shape index (κ2) is 9.16. The number of urea groups is 1. The standard InChI is InChI=1S/C21H21N3O7/c1-4-31-20(25)16-17(12-8-6-5-7-9-12)22-21(26)23-18(16)13-10-14(24(27)28)19(30-3)15(11-13)29-2/h5-11,18H,4H2,1-3H3,(H2,22,23,26). The summed E-state index contributed by atoms with van der Waals surface area (Å²) in [6.07, 6.45) is 0. The van der Waals surface area contributed by atoms with Crippen molar-refractivity contribution in [3.05, 3.63) is 69.3 Å². The number of nitro groups is 1. The Labute approximate surface area is 177 Å². The van der Waals surface area contributed by atoms with E-state index in [9.17, 15) is 19.7 Å². The molecule has 1 heterocycles. The number of ether oxygens (including phenoxy) is 3. The molecule has 31 heavy (non-hydrogen) atoms. The van der Waals surface area contributed by atoms with E-state index in [2.05, 4.69) is 10.6 Å². The number of carbonyl (C=O) groups is 2. The molecule has 0 spiro atoms. The molecule has 0 fully saturated rings. The molecule has 0 radical (unpaired) electrons. The number of hydrogen-bond acceptors (Lipinski definition) is 7. The van der Waals surface area contributed by atoms with Crippen LogP contribution in [0.4, 0.5) is 10.5 Å². The molecule has 2 aromatic carbocycles. The maximum absolute atomic E-state index is 12.9.